The minimum Gasteiger partial charge on any atom is -0.306 e. The molecule has 72 valence electrons. The molecule has 1 aromatic heterocycles. The molecule has 1 atom stereocenters. The number of nitrogens with one attached hydrogen (secondary N) is 1. The lowest BCUT2D eigenvalue weighted by atomic mass is 9.96. The van der Waals surface area contributed by atoms with Crippen LogP contribution in [0.25, 0.3) is 0 Å². The molecule has 2 heterocycles. The molecule has 0 radical (unpaired) electrons. The maximum atomic E-state index is 4.30. The van der Waals surface area contributed by atoms with Crippen molar-refractivity contribution in [3.05, 3.63) is 18.0 Å². The number of nitrogens with zero attached hydrogens (tertiary/aromatic N) is 2. The van der Waals surface area contributed by atoms with E-state index in [1.165, 1.54) is 18.5 Å². The molecule has 3 heteroatoms. The molecule has 0 aromatic carbocycles. The Morgan fingerprint density at radius 3 is 3.15 bits per heavy atom. The lowest BCUT2D eigenvalue weighted by Crippen LogP contribution is -2.35. The Hall–Kier alpha value is -0.830. The third kappa shape index (κ3) is 1.37. The minimum atomic E-state index is 0.159. The average Bonchev–Trinajstić information content (AvgIpc) is 2.72. The van der Waals surface area contributed by atoms with Crippen molar-refractivity contribution >= 4 is 0 Å². The summed E-state index contributed by atoms with van der Waals surface area (Å²) < 4.78 is 2.08. The Bertz CT molecular complexity index is 284. The second-order valence-corrected chi connectivity index (χ2v) is 3.89. The van der Waals surface area contributed by atoms with Crippen LogP contribution < -0.4 is 5.32 Å². The zero-order valence-corrected chi connectivity index (χ0v) is 8.38. The van der Waals surface area contributed by atoms with Crippen LogP contribution in [0.2, 0.25) is 0 Å². The summed E-state index contributed by atoms with van der Waals surface area (Å²) in [5.41, 5.74) is 1.49. The predicted octanol–water partition coefficient (Wildman–Crippen LogP) is 1.50. The van der Waals surface area contributed by atoms with Crippen LogP contribution in [0.3, 0.4) is 0 Å². The van der Waals surface area contributed by atoms with Gasteiger partial charge in [0.25, 0.3) is 0 Å². The van der Waals surface area contributed by atoms with Crippen LogP contribution >= 0.6 is 0 Å². The molecule has 1 aliphatic heterocycles. The zero-order chi connectivity index (χ0) is 9.31. The van der Waals surface area contributed by atoms with Gasteiger partial charge in [-0.05, 0) is 39.3 Å². The van der Waals surface area contributed by atoms with E-state index in [0.717, 1.165) is 13.1 Å². The summed E-state index contributed by atoms with van der Waals surface area (Å²) in [7, 11) is 0. The van der Waals surface area contributed by atoms with E-state index in [9.17, 15) is 0 Å². The number of hydrogen-bond donors (Lipinski definition) is 1. The first-order valence-corrected chi connectivity index (χ1v) is 5.03. The molecule has 0 aliphatic carbocycles. The highest BCUT2D eigenvalue weighted by atomic mass is 15.3. The molecule has 0 saturated carbocycles. The molecule has 1 aliphatic rings. The van der Waals surface area contributed by atoms with Crippen molar-refractivity contribution in [2.24, 2.45) is 0 Å². The quantitative estimate of drug-likeness (QED) is 0.745. The largest absolute Gasteiger partial charge is 0.306 e. The van der Waals surface area contributed by atoms with Crippen LogP contribution in [-0.2, 0) is 12.1 Å². The molecule has 1 aromatic rings. The van der Waals surface area contributed by atoms with Gasteiger partial charge in [0, 0.05) is 12.7 Å². The Kier molecular flexibility index (Phi) is 2.12. The highest BCUT2D eigenvalue weighted by Crippen LogP contribution is 2.29. The van der Waals surface area contributed by atoms with Crippen molar-refractivity contribution in [3.8, 4) is 0 Å². The number of rotatable bonds is 2. The molecule has 13 heavy (non-hydrogen) atoms. The highest BCUT2D eigenvalue weighted by Gasteiger charge is 2.32. The van der Waals surface area contributed by atoms with Gasteiger partial charge in [-0.15, -0.1) is 0 Å². The monoisotopic (exact) mass is 179 g/mol. The molecule has 1 fully saturated rings. The topological polar surface area (TPSA) is 29.9 Å². The highest BCUT2D eigenvalue weighted by molar-refractivity contribution is 5.15. The van der Waals surface area contributed by atoms with Gasteiger partial charge in [0.05, 0.1) is 11.2 Å². The molecule has 2 rings (SSSR count). The van der Waals surface area contributed by atoms with Gasteiger partial charge in [-0.3, -0.25) is 4.68 Å². The van der Waals surface area contributed by atoms with Crippen molar-refractivity contribution in [2.75, 3.05) is 6.54 Å². The van der Waals surface area contributed by atoms with Gasteiger partial charge in [-0.1, -0.05) is 0 Å². The van der Waals surface area contributed by atoms with E-state index >= 15 is 0 Å². The fourth-order valence-corrected chi connectivity index (χ4v) is 2.17. The van der Waals surface area contributed by atoms with E-state index in [-0.39, 0.29) is 5.54 Å². The lowest BCUT2D eigenvalue weighted by Gasteiger charge is -2.25. The molecule has 1 N–H and O–H groups in total. The van der Waals surface area contributed by atoms with E-state index in [1.807, 2.05) is 6.20 Å². The van der Waals surface area contributed by atoms with E-state index in [4.69, 9.17) is 0 Å². The first kappa shape index (κ1) is 8.75. The van der Waals surface area contributed by atoms with E-state index in [1.54, 1.807) is 0 Å². The maximum Gasteiger partial charge on any atom is 0.0582 e. The summed E-state index contributed by atoms with van der Waals surface area (Å²) in [6.45, 7) is 6.49. The van der Waals surface area contributed by atoms with Gasteiger partial charge >= 0.3 is 0 Å². The summed E-state index contributed by atoms with van der Waals surface area (Å²) in [4.78, 5) is 0. The first-order chi connectivity index (χ1) is 6.26. The number of aryl methyl sites for hydroxylation is 1. The fourth-order valence-electron chi connectivity index (χ4n) is 2.17. The molecule has 0 bridgehead atoms. The normalized spacial score (nSPS) is 28.2. The van der Waals surface area contributed by atoms with Crippen molar-refractivity contribution in [1.82, 2.24) is 15.1 Å². The second kappa shape index (κ2) is 3.14. The van der Waals surface area contributed by atoms with Gasteiger partial charge in [0.15, 0.2) is 0 Å². The fraction of sp³-hybridized carbons (Fsp3) is 0.700. The van der Waals surface area contributed by atoms with E-state index < -0.39 is 0 Å². The van der Waals surface area contributed by atoms with Crippen LogP contribution in [-0.4, -0.2) is 16.3 Å². The Morgan fingerprint density at radius 2 is 2.54 bits per heavy atom. The summed E-state index contributed by atoms with van der Waals surface area (Å²) in [6.07, 6.45) is 4.38. The van der Waals surface area contributed by atoms with Crippen molar-refractivity contribution in [1.29, 1.82) is 0 Å². The molecule has 1 unspecified atom stereocenters. The molecule has 1 saturated heterocycles. The van der Waals surface area contributed by atoms with Crippen LogP contribution in [0.15, 0.2) is 12.3 Å². The summed E-state index contributed by atoms with van der Waals surface area (Å²) in [5.74, 6) is 0. The van der Waals surface area contributed by atoms with Gasteiger partial charge < -0.3 is 5.32 Å². The SMILES string of the molecule is CCn1nccc1C1(C)CCCN1. The summed E-state index contributed by atoms with van der Waals surface area (Å²) in [5, 5.41) is 7.85. The Labute approximate surface area is 79.1 Å². The van der Waals surface area contributed by atoms with Gasteiger partial charge in [-0.25, -0.2) is 0 Å². The van der Waals surface area contributed by atoms with E-state index in [2.05, 4.69) is 35.0 Å². The summed E-state index contributed by atoms with van der Waals surface area (Å²) >= 11 is 0. The molecule has 0 amide bonds. The molecular weight excluding hydrogens is 162 g/mol. The molecular formula is C10H17N3. The molecule has 3 nitrogen and oxygen atoms in total. The third-order valence-electron chi connectivity index (χ3n) is 2.95. The Morgan fingerprint density at radius 1 is 1.69 bits per heavy atom. The standard InChI is InChI=1S/C10H17N3/c1-3-13-9(5-8-12-13)10(2)6-4-7-11-10/h5,8,11H,3-4,6-7H2,1-2H3. The third-order valence-corrected chi connectivity index (χ3v) is 2.95. The van der Waals surface area contributed by atoms with Gasteiger partial charge in [0.1, 0.15) is 0 Å². The average molecular weight is 179 g/mol. The second-order valence-electron chi connectivity index (χ2n) is 3.89. The zero-order valence-electron chi connectivity index (χ0n) is 8.38. The maximum absolute atomic E-state index is 4.30. The van der Waals surface area contributed by atoms with Crippen LogP contribution in [0.5, 0.6) is 0 Å². The van der Waals surface area contributed by atoms with Gasteiger partial charge in [-0.2, -0.15) is 5.10 Å². The summed E-state index contributed by atoms with van der Waals surface area (Å²) in [6, 6.07) is 2.13. The number of aromatic nitrogens is 2. The smallest absolute Gasteiger partial charge is 0.0582 e. The van der Waals surface area contributed by atoms with E-state index in [0.29, 0.717) is 0 Å². The van der Waals surface area contributed by atoms with Crippen molar-refractivity contribution in [2.45, 2.75) is 38.8 Å². The van der Waals surface area contributed by atoms with Crippen molar-refractivity contribution in [3.63, 3.8) is 0 Å². The minimum absolute atomic E-state index is 0.159. The predicted molar refractivity (Wildman–Crippen MR) is 52.5 cm³/mol. The first-order valence-electron chi connectivity index (χ1n) is 5.03. The van der Waals surface area contributed by atoms with Crippen LogP contribution in [0.1, 0.15) is 32.4 Å². The Balaban J connectivity index is 2.32. The lowest BCUT2D eigenvalue weighted by molar-refractivity contribution is 0.391. The van der Waals surface area contributed by atoms with Crippen LogP contribution in [0.4, 0.5) is 0 Å². The van der Waals surface area contributed by atoms with Gasteiger partial charge in [0.2, 0.25) is 0 Å². The number of hydrogen-bond acceptors (Lipinski definition) is 2. The van der Waals surface area contributed by atoms with Crippen LogP contribution in [0, 0.1) is 0 Å². The molecule has 0 spiro atoms. The van der Waals surface area contributed by atoms with Crippen molar-refractivity contribution < 1.29 is 0 Å².